The van der Waals surface area contributed by atoms with E-state index in [4.69, 9.17) is 9.84 Å². The van der Waals surface area contributed by atoms with Gasteiger partial charge in [-0.15, -0.1) is 0 Å². The summed E-state index contributed by atoms with van der Waals surface area (Å²) < 4.78 is 29.6. The van der Waals surface area contributed by atoms with Crippen LogP contribution in [-0.2, 0) is 4.74 Å². The Balaban J connectivity index is 0. The molecule has 0 amide bonds. The first-order valence-electron chi connectivity index (χ1n) is 5.07. The Morgan fingerprint density at radius 1 is 1.20 bits per heavy atom. The van der Waals surface area contributed by atoms with Crippen LogP contribution in [0.1, 0.15) is 34.6 Å². The normalized spacial score (nSPS) is 12.5. The zero-order valence-electron chi connectivity index (χ0n) is 10.2. The lowest BCUT2D eigenvalue weighted by Gasteiger charge is -2.21. The average Bonchev–Trinajstić information content (AvgIpc) is 2.15. The molecule has 15 heavy (non-hydrogen) atoms. The summed E-state index contributed by atoms with van der Waals surface area (Å²) in [5.41, 5.74) is -0.673. The summed E-state index contributed by atoms with van der Waals surface area (Å²) in [6.45, 7) is 8.12. The number of alkyl halides is 2. The second-order valence-electron chi connectivity index (χ2n) is 3.59. The van der Waals surface area contributed by atoms with Crippen molar-refractivity contribution in [2.45, 2.75) is 46.1 Å². The van der Waals surface area contributed by atoms with Crippen molar-refractivity contribution in [2.75, 3.05) is 13.2 Å². The Kier molecular flexibility index (Phi) is 8.77. The quantitative estimate of drug-likeness (QED) is 0.727. The molecule has 0 aliphatic heterocycles. The number of hydrogen-bond acceptors (Lipinski definition) is 2. The molecule has 2 nitrogen and oxygen atoms in total. The molecule has 0 aromatic carbocycles. The number of halogens is 2. The molecule has 0 atom stereocenters. The van der Waals surface area contributed by atoms with Crippen LogP contribution in [0.4, 0.5) is 8.78 Å². The van der Waals surface area contributed by atoms with Crippen LogP contribution in [0.2, 0.25) is 0 Å². The van der Waals surface area contributed by atoms with Gasteiger partial charge in [-0.2, -0.15) is 0 Å². The van der Waals surface area contributed by atoms with Crippen LogP contribution in [0.5, 0.6) is 0 Å². The molecule has 92 valence electrons. The molecule has 0 radical (unpaired) electrons. The third-order valence-corrected chi connectivity index (χ3v) is 1.36. The average molecular weight is 224 g/mol. The number of ether oxygens (including phenoxy) is 1. The van der Waals surface area contributed by atoms with Crippen LogP contribution >= 0.6 is 0 Å². The summed E-state index contributed by atoms with van der Waals surface area (Å²) in [6.07, 6.45) is 2.03. The van der Waals surface area contributed by atoms with E-state index in [1.54, 1.807) is 13.8 Å². The Labute approximate surface area is 90.9 Å². The number of aliphatic hydroxyl groups excluding tert-OH is 1. The first kappa shape index (κ1) is 16.9. The highest BCUT2D eigenvalue weighted by molar-refractivity contribution is 4.92. The highest BCUT2D eigenvalue weighted by atomic mass is 19.3. The van der Waals surface area contributed by atoms with E-state index in [9.17, 15) is 8.78 Å². The summed E-state index contributed by atoms with van der Waals surface area (Å²) in [5, 5.41) is 8.76. The van der Waals surface area contributed by atoms with Crippen molar-refractivity contribution in [3.05, 3.63) is 12.2 Å². The van der Waals surface area contributed by atoms with Crippen LogP contribution < -0.4 is 0 Å². The maximum Gasteiger partial charge on any atom is 0.263 e. The lowest BCUT2D eigenvalue weighted by Crippen LogP contribution is -2.29. The zero-order chi connectivity index (χ0) is 12.5. The van der Waals surface area contributed by atoms with Gasteiger partial charge in [-0.05, 0) is 19.9 Å². The minimum Gasteiger partial charge on any atom is -0.393 e. The van der Waals surface area contributed by atoms with Gasteiger partial charge in [0.25, 0.3) is 5.92 Å². The van der Waals surface area contributed by atoms with Crippen molar-refractivity contribution in [1.29, 1.82) is 0 Å². The van der Waals surface area contributed by atoms with Crippen molar-refractivity contribution < 1.29 is 18.6 Å². The van der Waals surface area contributed by atoms with E-state index >= 15 is 0 Å². The van der Waals surface area contributed by atoms with E-state index in [0.29, 0.717) is 0 Å². The molecule has 0 fully saturated rings. The van der Waals surface area contributed by atoms with Crippen LogP contribution in [-0.4, -0.2) is 29.8 Å². The molecule has 0 aliphatic carbocycles. The Bertz CT molecular complexity index is 172. The Morgan fingerprint density at radius 2 is 1.67 bits per heavy atom. The van der Waals surface area contributed by atoms with Crippen molar-refractivity contribution in [2.24, 2.45) is 0 Å². The standard InChI is InChI=1S/C9H16F2O2.C2H6/c1-8(2,7-12)13-6-4-5-9(3,10)11;1-2/h4-5,12H,6-7H2,1-3H3;1-2H3/b5-4+;. The third kappa shape index (κ3) is 13.5. The molecule has 1 N–H and O–H groups in total. The first-order valence-corrected chi connectivity index (χ1v) is 5.07. The molecule has 0 saturated carbocycles. The van der Waals surface area contributed by atoms with Crippen LogP contribution in [0.3, 0.4) is 0 Å². The zero-order valence-corrected chi connectivity index (χ0v) is 10.2. The summed E-state index contributed by atoms with van der Waals surface area (Å²) in [7, 11) is 0. The van der Waals surface area contributed by atoms with E-state index < -0.39 is 11.5 Å². The Hall–Kier alpha value is -0.480. The predicted molar refractivity (Wildman–Crippen MR) is 58.2 cm³/mol. The predicted octanol–water partition coefficient (Wildman–Crippen LogP) is 3.01. The molecule has 4 heteroatoms. The molecule has 0 aromatic rings. The van der Waals surface area contributed by atoms with Crippen LogP contribution in [0.15, 0.2) is 12.2 Å². The van der Waals surface area contributed by atoms with Gasteiger partial charge in [0.2, 0.25) is 0 Å². The van der Waals surface area contributed by atoms with Crippen LogP contribution in [0, 0.1) is 0 Å². The van der Waals surface area contributed by atoms with E-state index in [1.807, 2.05) is 13.8 Å². The lowest BCUT2D eigenvalue weighted by molar-refractivity contribution is -0.0412. The highest BCUT2D eigenvalue weighted by Crippen LogP contribution is 2.13. The highest BCUT2D eigenvalue weighted by Gasteiger charge is 2.17. The number of allylic oxidation sites excluding steroid dienone is 1. The lowest BCUT2D eigenvalue weighted by atomic mass is 10.1. The van der Waals surface area contributed by atoms with Crippen molar-refractivity contribution in [1.82, 2.24) is 0 Å². The maximum atomic E-state index is 12.2. The fourth-order valence-corrected chi connectivity index (χ4v) is 0.574. The monoisotopic (exact) mass is 224 g/mol. The molecule has 0 aliphatic rings. The molecule has 0 bridgehead atoms. The minimum atomic E-state index is -2.80. The van der Waals surface area contributed by atoms with Crippen molar-refractivity contribution >= 4 is 0 Å². The third-order valence-electron chi connectivity index (χ3n) is 1.36. The molecule has 0 unspecified atom stereocenters. The van der Waals surface area contributed by atoms with E-state index in [0.717, 1.165) is 13.0 Å². The van der Waals surface area contributed by atoms with Crippen molar-refractivity contribution in [3.63, 3.8) is 0 Å². The second-order valence-corrected chi connectivity index (χ2v) is 3.59. The molecule has 0 aromatic heterocycles. The van der Waals surface area contributed by atoms with E-state index in [2.05, 4.69) is 0 Å². The van der Waals surface area contributed by atoms with Gasteiger partial charge in [0.15, 0.2) is 0 Å². The van der Waals surface area contributed by atoms with Gasteiger partial charge in [0.1, 0.15) is 0 Å². The fourth-order valence-electron chi connectivity index (χ4n) is 0.574. The number of rotatable bonds is 5. The molecule has 0 saturated heterocycles. The summed E-state index contributed by atoms with van der Waals surface area (Å²) in [5.74, 6) is -2.80. The molecular formula is C11H22F2O2. The Morgan fingerprint density at radius 3 is 2.00 bits per heavy atom. The molecule has 0 spiro atoms. The topological polar surface area (TPSA) is 29.5 Å². The summed E-state index contributed by atoms with van der Waals surface area (Å²) in [4.78, 5) is 0. The van der Waals surface area contributed by atoms with E-state index in [-0.39, 0.29) is 13.2 Å². The van der Waals surface area contributed by atoms with E-state index in [1.165, 1.54) is 6.08 Å². The van der Waals surface area contributed by atoms with Gasteiger partial charge in [-0.25, -0.2) is 8.78 Å². The maximum absolute atomic E-state index is 12.2. The molecular weight excluding hydrogens is 202 g/mol. The SMILES string of the molecule is CC.CC(F)(F)/C=C/COC(C)(C)CO. The minimum absolute atomic E-state index is 0.0803. The van der Waals surface area contributed by atoms with Gasteiger partial charge in [0.05, 0.1) is 18.8 Å². The first-order chi connectivity index (χ1) is 6.77. The number of aliphatic hydroxyl groups is 1. The van der Waals surface area contributed by atoms with Gasteiger partial charge in [-0.3, -0.25) is 0 Å². The fraction of sp³-hybridized carbons (Fsp3) is 0.818. The number of hydrogen-bond donors (Lipinski definition) is 1. The smallest absolute Gasteiger partial charge is 0.263 e. The summed E-state index contributed by atoms with van der Waals surface area (Å²) >= 11 is 0. The largest absolute Gasteiger partial charge is 0.393 e. The molecule has 0 heterocycles. The van der Waals surface area contributed by atoms with Gasteiger partial charge >= 0.3 is 0 Å². The van der Waals surface area contributed by atoms with Gasteiger partial charge in [0, 0.05) is 6.92 Å². The van der Waals surface area contributed by atoms with Gasteiger partial charge in [-0.1, -0.05) is 19.9 Å². The van der Waals surface area contributed by atoms with Crippen molar-refractivity contribution in [3.8, 4) is 0 Å². The second kappa shape index (κ2) is 7.77. The summed E-state index contributed by atoms with van der Waals surface area (Å²) in [6, 6.07) is 0. The molecule has 0 rings (SSSR count). The van der Waals surface area contributed by atoms with Crippen LogP contribution in [0.25, 0.3) is 0 Å². The van der Waals surface area contributed by atoms with Gasteiger partial charge < -0.3 is 9.84 Å².